The van der Waals surface area contributed by atoms with Gasteiger partial charge in [-0.3, -0.25) is 9.59 Å². The van der Waals surface area contributed by atoms with E-state index in [0.29, 0.717) is 18.8 Å². The number of methoxy groups -OCH3 is 1. The fourth-order valence-corrected chi connectivity index (χ4v) is 4.88. The van der Waals surface area contributed by atoms with Crippen LogP contribution in [0.5, 0.6) is 0 Å². The van der Waals surface area contributed by atoms with E-state index in [2.05, 4.69) is 28.1 Å². The molecular formula is C16H20BrNO3S2. The van der Waals surface area contributed by atoms with Crippen LogP contribution in [0.25, 0.3) is 0 Å². The number of rotatable bonds is 4. The molecule has 0 aliphatic carbocycles. The summed E-state index contributed by atoms with van der Waals surface area (Å²) in [7, 11) is 1.39. The van der Waals surface area contributed by atoms with Gasteiger partial charge in [0.2, 0.25) is 5.91 Å². The molecule has 1 aliphatic rings. The van der Waals surface area contributed by atoms with Crippen LogP contribution >= 0.6 is 39.5 Å². The van der Waals surface area contributed by atoms with Gasteiger partial charge in [-0.1, -0.05) is 15.9 Å². The molecule has 7 heteroatoms. The third-order valence-corrected chi connectivity index (χ3v) is 6.85. The summed E-state index contributed by atoms with van der Waals surface area (Å²) in [6, 6.07) is 4.17. The number of hydrogen-bond donors (Lipinski definition) is 0. The first-order chi connectivity index (χ1) is 10.9. The van der Waals surface area contributed by atoms with E-state index in [4.69, 9.17) is 4.74 Å². The average Bonchev–Trinajstić information content (AvgIpc) is 2.56. The maximum Gasteiger partial charge on any atom is 0.320 e. The van der Waals surface area contributed by atoms with Gasteiger partial charge in [-0.2, -0.15) is 0 Å². The molecule has 1 amide bonds. The van der Waals surface area contributed by atoms with Gasteiger partial charge in [-0.05, 0) is 37.1 Å². The summed E-state index contributed by atoms with van der Waals surface area (Å²) in [5.41, 5.74) is 2.31. The number of hydrogen-bond acceptors (Lipinski definition) is 5. The standard InChI is InChI=1S/C16H20BrNO3S2/c1-10-7-13(11(2)6-12(10)17)23-9-15(19)18-4-5-22-14(8-18)16(20)21-3/h6-7,14H,4-5,8-9H2,1-3H3/t14-/m0/s1. The number of esters is 1. The first kappa shape index (κ1) is 18.7. The molecule has 2 rings (SSSR count). The molecular weight excluding hydrogens is 398 g/mol. The van der Waals surface area contributed by atoms with Gasteiger partial charge >= 0.3 is 5.97 Å². The van der Waals surface area contributed by atoms with E-state index in [1.165, 1.54) is 7.11 Å². The first-order valence-corrected chi connectivity index (χ1v) is 10.1. The van der Waals surface area contributed by atoms with E-state index in [0.717, 1.165) is 26.2 Å². The molecule has 0 aromatic heterocycles. The third kappa shape index (κ3) is 4.90. The molecule has 1 aliphatic heterocycles. The van der Waals surface area contributed by atoms with Crippen molar-refractivity contribution in [1.82, 2.24) is 4.90 Å². The van der Waals surface area contributed by atoms with Crippen LogP contribution in [0.4, 0.5) is 0 Å². The van der Waals surface area contributed by atoms with Gasteiger partial charge in [0, 0.05) is 28.2 Å². The topological polar surface area (TPSA) is 46.6 Å². The van der Waals surface area contributed by atoms with Gasteiger partial charge in [-0.15, -0.1) is 23.5 Å². The van der Waals surface area contributed by atoms with Crippen LogP contribution in [0.15, 0.2) is 21.5 Å². The fraction of sp³-hybridized carbons (Fsp3) is 0.500. The lowest BCUT2D eigenvalue weighted by atomic mass is 10.2. The average molecular weight is 418 g/mol. The van der Waals surface area contributed by atoms with Gasteiger partial charge in [0.25, 0.3) is 0 Å². The molecule has 0 spiro atoms. The van der Waals surface area contributed by atoms with Crippen LogP contribution in [-0.2, 0) is 14.3 Å². The zero-order chi connectivity index (χ0) is 17.0. The Labute approximate surface area is 153 Å². The van der Waals surface area contributed by atoms with Crippen LogP contribution in [-0.4, -0.2) is 53.7 Å². The molecule has 1 heterocycles. The van der Waals surface area contributed by atoms with Crippen LogP contribution < -0.4 is 0 Å². The Morgan fingerprint density at radius 3 is 2.83 bits per heavy atom. The summed E-state index contributed by atoms with van der Waals surface area (Å²) in [5.74, 6) is 0.983. The second-order valence-corrected chi connectivity index (χ2v) is 8.56. The molecule has 1 aromatic rings. The summed E-state index contributed by atoms with van der Waals surface area (Å²) < 4.78 is 5.86. The lowest BCUT2D eigenvalue weighted by Crippen LogP contribution is -2.45. The molecule has 0 N–H and O–H groups in total. The molecule has 0 saturated carbocycles. The molecule has 1 aromatic carbocycles. The van der Waals surface area contributed by atoms with Crippen LogP contribution in [0.1, 0.15) is 11.1 Å². The van der Waals surface area contributed by atoms with Gasteiger partial charge in [0.05, 0.1) is 12.9 Å². The lowest BCUT2D eigenvalue weighted by molar-refractivity contribution is -0.141. The number of aryl methyl sites for hydroxylation is 2. The maximum atomic E-state index is 12.4. The summed E-state index contributed by atoms with van der Waals surface area (Å²) >= 11 is 6.63. The normalized spacial score (nSPS) is 17.9. The Balaban J connectivity index is 1.94. The summed E-state index contributed by atoms with van der Waals surface area (Å²) in [5, 5.41) is -0.264. The molecule has 126 valence electrons. The van der Waals surface area contributed by atoms with E-state index in [1.54, 1.807) is 28.4 Å². The van der Waals surface area contributed by atoms with Gasteiger partial charge in [0.15, 0.2) is 0 Å². The van der Waals surface area contributed by atoms with Crippen LogP contribution in [0.3, 0.4) is 0 Å². The SMILES string of the molecule is COC(=O)[C@@H]1CN(C(=O)CSc2cc(C)c(Br)cc2C)CCS1. The Morgan fingerprint density at radius 1 is 1.39 bits per heavy atom. The number of amides is 1. The van der Waals surface area contributed by atoms with Crippen molar-refractivity contribution in [2.24, 2.45) is 0 Å². The highest BCUT2D eigenvalue weighted by molar-refractivity contribution is 9.10. The van der Waals surface area contributed by atoms with Crippen LogP contribution in [0.2, 0.25) is 0 Å². The minimum atomic E-state index is -0.264. The van der Waals surface area contributed by atoms with E-state index in [1.807, 2.05) is 13.8 Å². The summed E-state index contributed by atoms with van der Waals surface area (Å²) in [4.78, 5) is 27.0. The summed E-state index contributed by atoms with van der Waals surface area (Å²) in [6.45, 7) is 5.21. The predicted molar refractivity (Wildman–Crippen MR) is 99.2 cm³/mol. The minimum Gasteiger partial charge on any atom is -0.468 e. The number of ether oxygens (including phenoxy) is 1. The van der Waals surface area contributed by atoms with Crippen LogP contribution in [0, 0.1) is 13.8 Å². The number of carbonyl (C=O) groups excluding carboxylic acids is 2. The predicted octanol–water partition coefficient (Wildman–Crippen LogP) is 3.28. The Bertz CT molecular complexity index is 609. The number of nitrogens with zero attached hydrogens (tertiary/aromatic N) is 1. The van der Waals surface area contributed by atoms with Gasteiger partial charge in [-0.25, -0.2) is 0 Å². The number of benzene rings is 1. The molecule has 1 fully saturated rings. The van der Waals surface area contributed by atoms with Crippen molar-refractivity contribution in [2.75, 3.05) is 31.7 Å². The minimum absolute atomic E-state index is 0.0733. The van der Waals surface area contributed by atoms with Gasteiger partial charge < -0.3 is 9.64 Å². The molecule has 0 bridgehead atoms. The van der Waals surface area contributed by atoms with Crippen molar-refractivity contribution in [3.05, 3.63) is 27.7 Å². The second-order valence-electron chi connectivity index (χ2n) is 5.38. The number of halogens is 1. The van der Waals surface area contributed by atoms with Crippen molar-refractivity contribution in [1.29, 1.82) is 0 Å². The van der Waals surface area contributed by atoms with Crippen molar-refractivity contribution >= 4 is 51.3 Å². The monoisotopic (exact) mass is 417 g/mol. The van der Waals surface area contributed by atoms with E-state index >= 15 is 0 Å². The first-order valence-electron chi connectivity index (χ1n) is 7.29. The summed E-state index contributed by atoms with van der Waals surface area (Å²) in [6.07, 6.45) is 0. The number of thioether (sulfide) groups is 2. The van der Waals surface area contributed by atoms with Crippen molar-refractivity contribution in [3.8, 4) is 0 Å². The van der Waals surface area contributed by atoms with Gasteiger partial charge in [0.1, 0.15) is 5.25 Å². The van der Waals surface area contributed by atoms with E-state index in [9.17, 15) is 9.59 Å². The molecule has 1 saturated heterocycles. The number of carbonyl (C=O) groups is 2. The highest BCUT2D eigenvalue weighted by Crippen LogP contribution is 2.29. The van der Waals surface area contributed by atoms with E-state index in [-0.39, 0.29) is 17.1 Å². The lowest BCUT2D eigenvalue weighted by Gasteiger charge is -2.31. The Hall–Kier alpha value is -0.660. The molecule has 0 radical (unpaired) electrons. The Kier molecular flexibility index (Phi) is 6.85. The fourth-order valence-electron chi connectivity index (χ4n) is 2.29. The third-order valence-electron chi connectivity index (χ3n) is 3.69. The maximum absolute atomic E-state index is 12.4. The zero-order valence-corrected chi connectivity index (χ0v) is 16.6. The highest BCUT2D eigenvalue weighted by Gasteiger charge is 2.29. The smallest absolute Gasteiger partial charge is 0.320 e. The molecule has 4 nitrogen and oxygen atoms in total. The van der Waals surface area contributed by atoms with Crippen molar-refractivity contribution in [2.45, 2.75) is 24.0 Å². The Morgan fingerprint density at radius 2 is 2.13 bits per heavy atom. The second kappa shape index (κ2) is 8.44. The van der Waals surface area contributed by atoms with Crippen molar-refractivity contribution in [3.63, 3.8) is 0 Å². The van der Waals surface area contributed by atoms with Crippen molar-refractivity contribution < 1.29 is 14.3 Å². The quantitative estimate of drug-likeness (QED) is 0.555. The molecule has 23 heavy (non-hydrogen) atoms. The molecule has 1 atom stereocenters. The zero-order valence-electron chi connectivity index (χ0n) is 13.4. The largest absolute Gasteiger partial charge is 0.468 e. The van der Waals surface area contributed by atoms with E-state index < -0.39 is 0 Å². The highest BCUT2D eigenvalue weighted by atomic mass is 79.9. The molecule has 0 unspecified atom stereocenters.